The molecule has 0 atom stereocenters. The number of nitrogens with zero attached hydrogens (tertiary/aromatic N) is 4. The second kappa shape index (κ2) is 9.48. The smallest absolute Gasteiger partial charge is 0.231 e. The van der Waals surface area contributed by atoms with Crippen LogP contribution in [0.2, 0.25) is 0 Å². The number of para-hydroxylation sites is 2. The summed E-state index contributed by atoms with van der Waals surface area (Å²) in [5, 5.41) is 3.45. The van der Waals surface area contributed by atoms with Gasteiger partial charge in [-0.15, -0.1) is 0 Å². The van der Waals surface area contributed by atoms with Gasteiger partial charge in [0.05, 0.1) is 11.0 Å². The van der Waals surface area contributed by atoms with Crippen LogP contribution in [-0.4, -0.2) is 71.8 Å². The molecule has 0 aliphatic carbocycles. The molecule has 5 rings (SSSR count). The van der Waals surface area contributed by atoms with Gasteiger partial charge >= 0.3 is 0 Å². The van der Waals surface area contributed by atoms with Crippen molar-refractivity contribution in [3.8, 4) is 11.5 Å². The minimum atomic E-state index is 0.320. The molecule has 168 valence electrons. The van der Waals surface area contributed by atoms with Crippen LogP contribution in [0, 0.1) is 0 Å². The highest BCUT2D eigenvalue weighted by molar-refractivity contribution is 5.80. The Bertz CT molecular complexity index is 1050. The van der Waals surface area contributed by atoms with Crippen LogP contribution in [0.5, 0.6) is 11.5 Å². The number of imidazole rings is 1. The van der Waals surface area contributed by atoms with Gasteiger partial charge in [-0.1, -0.05) is 18.2 Å². The number of rotatable bonds is 6. The summed E-state index contributed by atoms with van der Waals surface area (Å²) in [6, 6.07) is 14.4. The average Bonchev–Trinajstić information content (AvgIpc) is 3.45. The molecule has 2 N–H and O–H groups in total. The van der Waals surface area contributed by atoms with E-state index >= 15 is 0 Å². The van der Waals surface area contributed by atoms with E-state index in [9.17, 15) is 0 Å². The quantitative estimate of drug-likeness (QED) is 0.459. The van der Waals surface area contributed by atoms with Gasteiger partial charge in [0.2, 0.25) is 6.79 Å². The number of piperazine rings is 1. The van der Waals surface area contributed by atoms with Crippen molar-refractivity contribution in [1.82, 2.24) is 25.1 Å². The fraction of sp³-hybridized carbons (Fsp3) is 0.417. The first-order valence-electron chi connectivity index (χ1n) is 11.4. The molecule has 8 heteroatoms. The third-order valence-electron chi connectivity index (χ3n) is 5.90. The van der Waals surface area contributed by atoms with Gasteiger partial charge in [-0.2, -0.15) is 0 Å². The summed E-state index contributed by atoms with van der Waals surface area (Å²) in [5.74, 6) is 3.67. The maximum absolute atomic E-state index is 5.51. The number of H-pyrrole nitrogens is 1. The Morgan fingerprint density at radius 2 is 1.94 bits per heavy atom. The van der Waals surface area contributed by atoms with Gasteiger partial charge in [0.25, 0.3) is 0 Å². The molecule has 1 fully saturated rings. The van der Waals surface area contributed by atoms with Crippen molar-refractivity contribution in [2.75, 3.05) is 46.1 Å². The van der Waals surface area contributed by atoms with E-state index < -0.39 is 0 Å². The zero-order valence-corrected chi connectivity index (χ0v) is 18.5. The van der Waals surface area contributed by atoms with Crippen molar-refractivity contribution >= 4 is 17.0 Å². The molecule has 3 heterocycles. The van der Waals surface area contributed by atoms with Gasteiger partial charge in [0.15, 0.2) is 17.5 Å². The molecular weight excluding hydrogens is 404 g/mol. The lowest BCUT2D eigenvalue weighted by Gasteiger charge is -2.36. The molecule has 32 heavy (non-hydrogen) atoms. The van der Waals surface area contributed by atoms with Gasteiger partial charge in [0, 0.05) is 52.2 Å². The van der Waals surface area contributed by atoms with E-state index in [0.717, 1.165) is 80.0 Å². The number of fused-ring (bicyclic) bond motifs is 2. The molecule has 0 amide bonds. The van der Waals surface area contributed by atoms with E-state index in [-0.39, 0.29) is 0 Å². The molecular formula is C24H30N6O2. The Labute approximate surface area is 188 Å². The van der Waals surface area contributed by atoms with Crippen molar-refractivity contribution in [3.05, 3.63) is 53.9 Å². The van der Waals surface area contributed by atoms with E-state index in [1.54, 1.807) is 0 Å². The number of hydrogen-bond acceptors (Lipinski definition) is 5. The Morgan fingerprint density at radius 1 is 1.09 bits per heavy atom. The highest BCUT2D eigenvalue weighted by Crippen LogP contribution is 2.32. The van der Waals surface area contributed by atoms with E-state index in [4.69, 9.17) is 14.5 Å². The SMILES string of the molecule is CCNC(=NCCc1nc2ccccc2[nH]1)N1CCN(Cc2ccc3c(c2)OCO3)CC1. The molecule has 2 aliphatic rings. The predicted molar refractivity (Wildman–Crippen MR) is 125 cm³/mol. The van der Waals surface area contributed by atoms with Crippen LogP contribution in [0.3, 0.4) is 0 Å². The molecule has 2 aliphatic heterocycles. The summed E-state index contributed by atoms with van der Waals surface area (Å²) >= 11 is 0. The van der Waals surface area contributed by atoms with Crippen molar-refractivity contribution in [2.45, 2.75) is 19.9 Å². The van der Waals surface area contributed by atoms with Gasteiger partial charge in [-0.25, -0.2) is 4.98 Å². The van der Waals surface area contributed by atoms with Gasteiger partial charge < -0.3 is 24.7 Å². The van der Waals surface area contributed by atoms with E-state index in [1.807, 2.05) is 24.3 Å². The first-order chi connectivity index (χ1) is 15.8. The van der Waals surface area contributed by atoms with Crippen molar-refractivity contribution in [3.63, 3.8) is 0 Å². The average molecular weight is 435 g/mol. The highest BCUT2D eigenvalue weighted by Gasteiger charge is 2.21. The Morgan fingerprint density at radius 3 is 2.78 bits per heavy atom. The summed E-state index contributed by atoms with van der Waals surface area (Å²) in [5.41, 5.74) is 3.35. The molecule has 0 saturated carbocycles. The monoisotopic (exact) mass is 434 g/mol. The number of aliphatic imine (C=N–C) groups is 1. The minimum absolute atomic E-state index is 0.320. The summed E-state index contributed by atoms with van der Waals surface area (Å²) in [6.45, 7) is 8.85. The first kappa shape index (κ1) is 20.6. The molecule has 2 aromatic carbocycles. The predicted octanol–water partition coefficient (Wildman–Crippen LogP) is 2.62. The second-order valence-electron chi connectivity index (χ2n) is 8.14. The van der Waals surface area contributed by atoms with Gasteiger partial charge in [-0.3, -0.25) is 9.89 Å². The lowest BCUT2D eigenvalue weighted by molar-refractivity contribution is 0.171. The van der Waals surface area contributed by atoms with Crippen molar-refractivity contribution < 1.29 is 9.47 Å². The van der Waals surface area contributed by atoms with Gasteiger partial charge in [0.1, 0.15) is 5.82 Å². The van der Waals surface area contributed by atoms with E-state index in [0.29, 0.717) is 13.3 Å². The number of benzene rings is 2. The number of aromatic nitrogens is 2. The Balaban J connectivity index is 1.15. The molecule has 0 radical (unpaired) electrons. The second-order valence-corrected chi connectivity index (χ2v) is 8.14. The minimum Gasteiger partial charge on any atom is -0.454 e. The van der Waals surface area contributed by atoms with E-state index in [2.05, 4.69) is 50.2 Å². The number of guanidine groups is 1. The fourth-order valence-corrected chi connectivity index (χ4v) is 4.23. The van der Waals surface area contributed by atoms with Crippen molar-refractivity contribution in [2.24, 2.45) is 4.99 Å². The van der Waals surface area contributed by atoms with Crippen LogP contribution >= 0.6 is 0 Å². The zero-order chi connectivity index (χ0) is 21.8. The molecule has 0 spiro atoms. The van der Waals surface area contributed by atoms with Crippen LogP contribution in [0.15, 0.2) is 47.5 Å². The lowest BCUT2D eigenvalue weighted by Crippen LogP contribution is -2.52. The molecule has 0 unspecified atom stereocenters. The lowest BCUT2D eigenvalue weighted by atomic mass is 10.1. The first-order valence-corrected chi connectivity index (χ1v) is 11.4. The fourth-order valence-electron chi connectivity index (χ4n) is 4.23. The standard InChI is InChI=1S/C24H30N6O2/c1-2-25-24(26-10-9-23-27-19-5-3-4-6-20(19)28-23)30-13-11-29(12-14-30)16-18-7-8-21-22(15-18)32-17-31-21/h3-8,15H,2,9-14,16-17H2,1H3,(H,25,26)(H,27,28). The summed E-state index contributed by atoms with van der Waals surface area (Å²) < 4.78 is 10.9. The number of nitrogens with one attached hydrogen (secondary N) is 2. The summed E-state index contributed by atoms with van der Waals surface area (Å²) in [7, 11) is 0. The topological polar surface area (TPSA) is 78.0 Å². The van der Waals surface area contributed by atoms with Crippen LogP contribution in [0.25, 0.3) is 11.0 Å². The normalized spacial score (nSPS) is 16.7. The maximum atomic E-state index is 5.51. The molecule has 0 bridgehead atoms. The van der Waals surface area contributed by atoms with Crippen LogP contribution in [-0.2, 0) is 13.0 Å². The zero-order valence-electron chi connectivity index (χ0n) is 18.5. The third-order valence-corrected chi connectivity index (χ3v) is 5.90. The van der Waals surface area contributed by atoms with Crippen LogP contribution < -0.4 is 14.8 Å². The highest BCUT2D eigenvalue weighted by atomic mass is 16.7. The number of aromatic amines is 1. The molecule has 3 aromatic rings. The summed E-state index contributed by atoms with van der Waals surface area (Å²) in [6.07, 6.45) is 0.799. The van der Waals surface area contributed by atoms with Gasteiger partial charge in [-0.05, 0) is 36.8 Å². The van der Waals surface area contributed by atoms with Crippen LogP contribution in [0.1, 0.15) is 18.3 Å². The Kier molecular flexibility index (Phi) is 6.11. The number of hydrogen-bond donors (Lipinski definition) is 2. The van der Waals surface area contributed by atoms with Crippen LogP contribution in [0.4, 0.5) is 0 Å². The molecule has 1 aromatic heterocycles. The summed E-state index contributed by atoms with van der Waals surface area (Å²) in [4.78, 5) is 17.8. The van der Waals surface area contributed by atoms with E-state index in [1.165, 1.54) is 5.56 Å². The third kappa shape index (κ3) is 4.65. The largest absolute Gasteiger partial charge is 0.454 e. The Hall–Kier alpha value is -3.26. The molecule has 8 nitrogen and oxygen atoms in total. The van der Waals surface area contributed by atoms with Crippen molar-refractivity contribution in [1.29, 1.82) is 0 Å². The number of ether oxygens (including phenoxy) is 2. The molecule has 1 saturated heterocycles. The maximum Gasteiger partial charge on any atom is 0.231 e.